The van der Waals surface area contributed by atoms with E-state index in [1.165, 1.54) is 53.3 Å². The number of hydrogen-bond donors (Lipinski definition) is 1. The highest BCUT2D eigenvalue weighted by atomic mass is 19.1. The van der Waals surface area contributed by atoms with E-state index in [1.54, 1.807) is 6.08 Å². The van der Waals surface area contributed by atoms with Gasteiger partial charge in [0.1, 0.15) is 23.8 Å². The van der Waals surface area contributed by atoms with Gasteiger partial charge in [-0.25, -0.2) is 8.78 Å². The molecule has 0 unspecified atom stereocenters. The molecule has 9 heteroatoms. The Bertz CT molecular complexity index is 1230. The van der Waals surface area contributed by atoms with Crippen molar-refractivity contribution in [2.24, 2.45) is 5.92 Å². The number of aromatic nitrogens is 4. The monoisotopic (exact) mass is 493 g/mol. The molecule has 1 aromatic heterocycles. The van der Waals surface area contributed by atoms with E-state index in [2.05, 4.69) is 22.0 Å². The first kappa shape index (κ1) is 25.6. The number of hydroxylamine groups is 3. The number of likely N-dealkylation sites (tertiary alicyclic amines) is 1. The molecule has 0 aliphatic carbocycles. The summed E-state index contributed by atoms with van der Waals surface area (Å²) in [7, 11) is 0. The van der Waals surface area contributed by atoms with E-state index in [1.807, 2.05) is 26.0 Å². The third-order valence-corrected chi connectivity index (χ3v) is 6.63. The SMILES string of the molecule is C=C(/C=C\C(=C/C)C[N+]1([O-])CC(C(O)(c2ccc(F)cc2)c2ccc(F)cc2)C1)c1nnn(CC)n1. The zero-order chi connectivity index (χ0) is 25.9. The summed E-state index contributed by atoms with van der Waals surface area (Å²) in [5, 5.41) is 37.4. The van der Waals surface area contributed by atoms with Gasteiger partial charge in [-0.3, -0.25) is 0 Å². The second kappa shape index (κ2) is 10.2. The molecule has 0 atom stereocenters. The van der Waals surface area contributed by atoms with Gasteiger partial charge < -0.3 is 15.0 Å². The molecule has 1 fully saturated rings. The molecule has 188 valence electrons. The van der Waals surface area contributed by atoms with Gasteiger partial charge in [-0.1, -0.05) is 49.1 Å². The van der Waals surface area contributed by atoms with Crippen molar-refractivity contribution in [2.75, 3.05) is 19.6 Å². The number of nitrogens with zero attached hydrogens (tertiary/aromatic N) is 5. The molecule has 1 aliphatic rings. The first-order chi connectivity index (χ1) is 17.2. The van der Waals surface area contributed by atoms with Crippen molar-refractivity contribution >= 4 is 5.57 Å². The summed E-state index contributed by atoms with van der Waals surface area (Å²) in [6, 6.07) is 11.1. The van der Waals surface area contributed by atoms with Gasteiger partial charge in [0, 0.05) is 11.1 Å². The van der Waals surface area contributed by atoms with Crippen LogP contribution in [0.3, 0.4) is 0 Å². The Labute approximate surface area is 208 Å². The van der Waals surface area contributed by atoms with Crippen LogP contribution in [0, 0.1) is 22.8 Å². The molecular weight excluding hydrogens is 464 g/mol. The Morgan fingerprint density at radius 3 is 2.14 bits per heavy atom. The number of hydrogen-bond acceptors (Lipinski definition) is 5. The Kier molecular flexibility index (Phi) is 7.26. The average molecular weight is 494 g/mol. The summed E-state index contributed by atoms with van der Waals surface area (Å²) in [6.45, 7) is 8.82. The maximum absolute atomic E-state index is 13.6. The van der Waals surface area contributed by atoms with Crippen molar-refractivity contribution < 1.29 is 18.5 Å². The van der Waals surface area contributed by atoms with Gasteiger partial charge in [-0.2, -0.15) is 4.80 Å². The Morgan fingerprint density at radius 1 is 1.11 bits per heavy atom. The lowest BCUT2D eigenvalue weighted by atomic mass is 9.72. The molecule has 0 spiro atoms. The third-order valence-electron chi connectivity index (χ3n) is 6.63. The van der Waals surface area contributed by atoms with Crippen LogP contribution in [-0.4, -0.2) is 49.6 Å². The van der Waals surface area contributed by atoms with Crippen LogP contribution in [0.25, 0.3) is 5.57 Å². The number of halogens is 2. The quantitative estimate of drug-likeness (QED) is 0.272. The van der Waals surface area contributed by atoms with Crippen LogP contribution >= 0.6 is 0 Å². The Balaban J connectivity index is 1.50. The topological polar surface area (TPSA) is 86.9 Å². The van der Waals surface area contributed by atoms with Crippen LogP contribution in [0.2, 0.25) is 0 Å². The number of aliphatic hydroxyl groups is 1. The van der Waals surface area contributed by atoms with Gasteiger partial charge in [0.25, 0.3) is 0 Å². The van der Waals surface area contributed by atoms with Gasteiger partial charge in [0.2, 0.25) is 5.82 Å². The van der Waals surface area contributed by atoms with E-state index in [-0.39, 0.29) is 19.6 Å². The molecule has 2 aromatic carbocycles. The molecule has 0 amide bonds. The molecular formula is C27H29F2N5O2. The van der Waals surface area contributed by atoms with E-state index in [4.69, 9.17) is 0 Å². The van der Waals surface area contributed by atoms with E-state index >= 15 is 0 Å². The van der Waals surface area contributed by atoms with Crippen molar-refractivity contribution in [1.29, 1.82) is 0 Å². The standard InChI is InChI=1S/C27H29F2N5O2/c1-4-20(7-6-19(3)26-30-32-33(5-2)31-26)16-34(36)17-23(18-34)27(35,21-8-12-24(28)13-9-21)22-10-14-25(29)15-11-22/h4,6-15,23,35H,3,5,16-18H2,1-2H3/b7-6-,20-4+. The molecule has 7 nitrogen and oxygen atoms in total. The van der Waals surface area contributed by atoms with Crippen molar-refractivity contribution in [3.05, 3.63) is 113 Å². The minimum atomic E-state index is -1.55. The molecule has 4 rings (SSSR count). The van der Waals surface area contributed by atoms with Crippen molar-refractivity contribution in [3.63, 3.8) is 0 Å². The fourth-order valence-electron chi connectivity index (χ4n) is 4.55. The maximum Gasteiger partial charge on any atom is 0.204 e. The van der Waals surface area contributed by atoms with Crippen LogP contribution < -0.4 is 0 Å². The summed E-state index contributed by atoms with van der Waals surface area (Å²) < 4.78 is 26.6. The number of benzene rings is 2. The summed E-state index contributed by atoms with van der Waals surface area (Å²) in [6.07, 6.45) is 5.42. The predicted octanol–water partition coefficient (Wildman–Crippen LogP) is 4.37. The molecule has 2 heterocycles. The smallest absolute Gasteiger partial charge is 0.204 e. The predicted molar refractivity (Wildman–Crippen MR) is 133 cm³/mol. The summed E-state index contributed by atoms with van der Waals surface area (Å²) in [5.41, 5.74) is 0.753. The second-order valence-electron chi connectivity index (χ2n) is 9.08. The molecule has 1 saturated heterocycles. The fraction of sp³-hybridized carbons (Fsp3) is 0.296. The minimum Gasteiger partial charge on any atom is -0.633 e. The van der Waals surface area contributed by atoms with Crippen LogP contribution in [0.15, 0.2) is 78.9 Å². The lowest BCUT2D eigenvalue weighted by Crippen LogP contribution is -2.66. The van der Waals surface area contributed by atoms with E-state index < -0.39 is 27.8 Å². The second-order valence-corrected chi connectivity index (χ2v) is 9.08. The lowest BCUT2D eigenvalue weighted by molar-refractivity contribution is -0.928. The van der Waals surface area contributed by atoms with Crippen LogP contribution in [0.1, 0.15) is 30.8 Å². The Hall–Kier alpha value is -3.53. The van der Waals surface area contributed by atoms with Crippen LogP contribution in [0.4, 0.5) is 8.78 Å². The number of allylic oxidation sites excluding steroid dienone is 3. The van der Waals surface area contributed by atoms with Crippen molar-refractivity contribution in [2.45, 2.75) is 26.0 Å². The van der Waals surface area contributed by atoms with Gasteiger partial charge in [-0.05, 0) is 54.5 Å². The molecule has 1 N–H and O–H groups in total. The summed E-state index contributed by atoms with van der Waals surface area (Å²) in [4.78, 5) is 1.46. The van der Waals surface area contributed by atoms with Gasteiger partial charge in [0.05, 0.1) is 25.6 Å². The molecule has 0 bridgehead atoms. The molecule has 0 saturated carbocycles. The average Bonchev–Trinajstić information content (AvgIpc) is 3.35. The van der Waals surface area contributed by atoms with E-state index in [0.29, 0.717) is 29.1 Å². The van der Waals surface area contributed by atoms with E-state index in [9.17, 15) is 19.1 Å². The number of aryl methyl sites for hydroxylation is 1. The number of tetrazole rings is 1. The van der Waals surface area contributed by atoms with Crippen LogP contribution in [-0.2, 0) is 12.1 Å². The van der Waals surface area contributed by atoms with Gasteiger partial charge >= 0.3 is 0 Å². The highest BCUT2D eigenvalue weighted by molar-refractivity contribution is 5.67. The fourth-order valence-corrected chi connectivity index (χ4v) is 4.55. The molecule has 3 aromatic rings. The molecule has 0 radical (unpaired) electrons. The largest absolute Gasteiger partial charge is 0.633 e. The maximum atomic E-state index is 13.6. The molecule has 36 heavy (non-hydrogen) atoms. The first-order valence-electron chi connectivity index (χ1n) is 11.8. The zero-order valence-electron chi connectivity index (χ0n) is 20.3. The lowest BCUT2D eigenvalue weighted by Gasteiger charge is -2.58. The van der Waals surface area contributed by atoms with E-state index in [0.717, 1.165) is 5.57 Å². The normalized spacial score (nSPS) is 20.5. The minimum absolute atomic E-state index is 0.143. The van der Waals surface area contributed by atoms with Gasteiger partial charge in [-0.15, -0.1) is 10.2 Å². The highest BCUT2D eigenvalue weighted by Crippen LogP contribution is 2.44. The van der Waals surface area contributed by atoms with Crippen molar-refractivity contribution in [1.82, 2.24) is 20.2 Å². The molecule has 1 aliphatic heterocycles. The van der Waals surface area contributed by atoms with Crippen molar-refractivity contribution in [3.8, 4) is 0 Å². The highest BCUT2D eigenvalue weighted by Gasteiger charge is 2.52. The zero-order valence-corrected chi connectivity index (χ0v) is 20.3. The third kappa shape index (κ3) is 5.18. The summed E-state index contributed by atoms with van der Waals surface area (Å²) >= 11 is 0. The number of quaternary nitrogens is 1. The summed E-state index contributed by atoms with van der Waals surface area (Å²) in [5.74, 6) is -0.874. The number of rotatable bonds is 9. The Morgan fingerprint density at radius 2 is 1.67 bits per heavy atom. The first-order valence-corrected chi connectivity index (χ1v) is 11.8. The van der Waals surface area contributed by atoms with Gasteiger partial charge in [0.15, 0.2) is 0 Å². The van der Waals surface area contributed by atoms with Crippen LogP contribution in [0.5, 0.6) is 0 Å².